The molecule has 4 heteroatoms. The van der Waals surface area contributed by atoms with Crippen LogP contribution in [0.5, 0.6) is 0 Å². The zero-order chi connectivity index (χ0) is 18.3. The predicted octanol–water partition coefficient (Wildman–Crippen LogP) is 4.89. The van der Waals surface area contributed by atoms with Crippen molar-refractivity contribution in [2.75, 3.05) is 0 Å². The topological polar surface area (TPSA) is 52.6 Å². The minimum Gasteiger partial charge on any atom is -0.462 e. The molecule has 0 saturated heterocycles. The van der Waals surface area contributed by atoms with Crippen LogP contribution in [-0.2, 0) is 19.1 Å². The van der Waals surface area contributed by atoms with Gasteiger partial charge in [0.15, 0.2) is 5.41 Å². The van der Waals surface area contributed by atoms with Crippen LogP contribution in [0.25, 0.3) is 0 Å². The van der Waals surface area contributed by atoms with Crippen molar-refractivity contribution in [2.45, 2.75) is 98.7 Å². The molecule has 0 aliphatic heterocycles. The first kappa shape index (κ1) is 21.0. The molecule has 1 saturated carbocycles. The Morgan fingerprint density at radius 1 is 0.875 bits per heavy atom. The predicted molar refractivity (Wildman–Crippen MR) is 95.5 cm³/mol. The number of carbonyl (C=O) groups is 2. The first-order chi connectivity index (χ1) is 11.2. The van der Waals surface area contributed by atoms with Gasteiger partial charge >= 0.3 is 11.9 Å². The van der Waals surface area contributed by atoms with E-state index in [-0.39, 0.29) is 30.1 Å². The molecule has 0 aromatic rings. The summed E-state index contributed by atoms with van der Waals surface area (Å²) in [5, 5.41) is 0. The molecule has 140 valence electrons. The fourth-order valence-electron chi connectivity index (χ4n) is 3.58. The van der Waals surface area contributed by atoms with E-state index in [1.54, 1.807) is 0 Å². The van der Waals surface area contributed by atoms with E-state index in [0.717, 1.165) is 32.1 Å². The van der Waals surface area contributed by atoms with E-state index < -0.39 is 5.41 Å². The van der Waals surface area contributed by atoms with Crippen LogP contribution >= 0.6 is 0 Å². The van der Waals surface area contributed by atoms with Crippen LogP contribution < -0.4 is 0 Å². The zero-order valence-corrected chi connectivity index (χ0v) is 16.4. The summed E-state index contributed by atoms with van der Waals surface area (Å²) in [5.41, 5.74) is -1.14. The van der Waals surface area contributed by atoms with E-state index in [1.807, 2.05) is 27.7 Å². The molecule has 24 heavy (non-hydrogen) atoms. The van der Waals surface area contributed by atoms with Crippen LogP contribution in [0.15, 0.2) is 0 Å². The summed E-state index contributed by atoms with van der Waals surface area (Å²) in [6.45, 7) is 11.6. The molecule has 0 aromatic heterocycles. The summed E-state index contributed by atoms with van der Waals surface area (Å²) in [7, 11) is 0. The van der Waals surface area contributed by atoms with Crippen LogP contribution in [-0.4, -0.2) is 24.1 Å². The average Bonchev–Trinajstić information content (AvgIpc) is 2.47. The van der Waals surface area contributed by atoms with Crippen molar-refractivity contribution >= 4 is 11.9 Å². The Morgan fingerprint density at radius 3 is 1.71 bits per heavy atom. The first-order valence-electron chi connectivity index (χ1n) is 9.62. The normalized spacial score (nSPS) is 16.7. The standard InChI is InChI=1S/C20H36O4/c1-14(2)12-13-20(18(21)23-15(3)4,19(22)24-16(5)6)17-10-8-7-9-11-17/h14-17H,7-13H2,1-6H3. The monoisotopic (exact) mass is 340 g/mol. The summed E-state index contributed by atoms with van der Waals surface area (Å²) < 4.78 is 11.1. The highest BCUT2D eigenvalue weighted by Crippen LogP contribution is 2.45. The number of hydrogen-bond acceptors (Lipinski definition) is 4. The van der Waals surface area contributed by atoms with Gasteiger partial charge in [-0.1, -0.05) is 33.1 Å². The summed E-state index contributed by atoms with van der Waals surface area (Å²) in [6.07, 6.45) is 5.99. The average molecular weight is 341 g/mol. The molecule has 0 unspecified atom stereocenters. The maximum Gasteiger partial charge on any atom is 0.324 e. The van der Waals surface area contributed by atoms with Gasteiger partial charge in [-0.15, -0.1) is 0 Å². The molecule has 0 spiro atoms. The summed E-state index contributed by atoms with van der Waals surface area (Å²) in [4.78, 5) is 26.2. The summed E-state index contributed by atoms with van der Waals surface area (Å²) >= 11 is 0. The van der Waals surface area contributed by atoms with E-state index in [0.29, 0.717) is 12.3 Å². The lowest BCUT2D eigenvalue weighted by molar-refractivity contribution is -0.184. The lowest BCUT2D eigenvalue weighted by atomic mass is 9.65. The first-order valence-corrected chi connectivity index (χ1v) is 9.62. The van der Waals surface area contributed by atoms with Gasteiger partial charge < -0.3 is 9.47 Å². The fourth-order valence-corrected chi connectivity index (χ4v) is 3.58. The second-order valence-electron chi connectivity index (χ2n) is 8.15. The Labute approximate surface area is 147 Å². The van der Waals surface area contributed by atoms with Crippen molar-refractivity contribution in [1.82, 2.24) is 0 Å². The molecule has 0 aromatic carbocycles. The third kappa shape index (κ3) is 5.49. The summed E-state index contributed by atoms with van der Waals surface area (Å²) in [6, 6.07) is 0. The maximum absolute atomic E-state index is 13.1. The number of carbonyl (C=O) groups excluding carboxylic acids is 2. The van der Waals surface area contributed by atoms with Crippen molar-refractivity contribution in [2.24, 2.45) is 17.3 Å². The van der Waals surface area contributed by atoms with E-state index in [4.69, 9.17) is 9.47 Å². The molecule has 0 heterocycles. The number of hydrogen-bond donors (Lipinski definition) is 0. The van der Waals surface area contributed by atoms with Gasteiger partial charge in [0.1, 0.15) is 0 Å². The van der Waals surface area contributed by atoms with Crippen molar-refractivity contribution in [1.29, 1.82) is 0 Å². The minimum absolute atomic E-state index is 0.0301. The molecule has 0 atom stereocenters. The molecule has 0 bridgehead atoms. The fraction of sp³-hybridized carbons (Fsp3) is 0.900. The van der Waals surface area contributed by atoms with Gasteiger partial charge in [0.2, 0.25) is 0 Å². The second-order valence-corrected chi connectivity index (χ2v) is 8.15. The SMILES string of the molecule is CC(C)CCC(C(=O)OC(C)C)(C(=O)OC(C)C)C1CCCCC1. The third-order valence-electron chi connectivity index (χ3n) is 4.83. The maximum atomic E-state index is 13.1. The van der Waals surface area contributed by atoms with Gasteiger partial charge in [-0.25, -0.2) is 0 Å². The summed E-state index contributed by atoms with van der Waals surface area (Å²) in [5.74, 6) is -0.305. The van der Waals surface area contributed by atoms with Crippen molar-refractivity contribution < 1.29 is 19.1 Å². The third-order valence-corrected chi connectivity index (χ3v) is 4.83. The number of rotatable bonds is 8. The Morgan fingerprint density at radius 2 is 1.33 bits per heavy atom. The number of ether oxygens (including phenoxy) is 2. The zero-order valence-electron chi connectivity index (χ0n) is 16.4. The molecular formula is C20H36O4. The van der Waals surface area contributed by atoms with Crippen molar-refractivity contribution in [3.63, 3.8) is 0 Å². The lowest BCUT2D eigenvalue weighted by Crippen LogP contribution is -2.50. The van der Waals surface area contributed by atoms with Gasteiger partial charge in [0, 0.05) is 0 Å². The molecule has 4 nitrogen and oxygen atoms in total. The Kier molecular flexibility index (Phi) is 8.24. The van der Waals surface area contributed by atoms with Crippen LogP contribution in [0.2, 0.25) is 0 Å². The quantitative estimate of drug-likeness (QED) is 0.466. The largest absolute Gasteiger partial charge is 0.462 e. The number of esters is 2. The van der Waals surface area contributed by atoms with Crippen LogP contribution in [0.1, 0.15) is 86.5 Å². The highest BCUT2D eigenvalue weighted by atomic mass is 16.6. The van der Waals surface area contributed by atoms with Crippen molar-refractivity contribution in [3.8, 4) is 0 Å². The van der Waals surface area contributed by atoms with Gasteiger partial charge in [-0.2, -0.15) is 0 Å². The van der Waals surface area contributed by atoms with Crippen LogP contribution in [0.3, 0.4) is 0 Å². The molecule has 1 fully saturated rings. The van der Waals surface area contributed by atoms with Gasteiger partial charge in [0.05, 0.1) is 12.2 Å². The van der Waals surface area contributed by atoms with Gasteiger partial charge in [0.25, 0.3) is 0 Å². The van der Waals surface area contributed by atoms with Gasteiger partial charge in [-0.05, 0) is 65.2 Å². The molecule has 0 radical (unpaired) electrons. The minimum atomic E-state index is -1.14. The smallest absolute Gasteiger partial charge is 0.324 e. The Bertz CT molecular complexity index is 384. The van der Waals surface area contributed by atoms with E-state index in [9.17, 15) is 9.59 Å². The van der Waals surface area contributed by atoms with Gasteiger partial charge in [-0.3, -0.25) is 9.59 Å². The Balaban J connectivity index is 3.22. The molecular weight excluding hydrogens is 304 g/mol. The van der Waals surface area contributed by atoms with Crippen LogP contribution in [0, 0.1) is 17.3 Å². The molecule has 1 aliphatic rings. The molecule has 0 amide bonds. The molecule has 1 aliphatic carbocycles. The van der Waals surface area contributed by atoms with Crippen molar-refractivity contribution in [3.05, 3.63) is 0 Å². The second kappa shape index (κ2) is 9.43. The Hall–Kier alpha value is -1.06. The lowest BCUT2D eigenvalue weighted by Gasteiger charge is -2.39. The van der Waals surface area contributed by atoms with E-state index in [1.165, 1.54) is 6.42 Å². The van der Waals surface area contributed by atoms with E-state index in [2.05, 4.69) is 13.8 Å². The molecule has 0 N–H and O–H groups in total. The molecule has 1 rings (SSSR count). The highest BCUT2D eigenvalue weighted by molar-refractivity contribution is 6.00. The van der Waals surface area contributed by atoms with E-state index >= 15 is 0 Å². The highest BCUT2D eigenvalue weighted by Gasteiger charge is 2.54. The van der Waals surface area contributed by atoms with Crippen LogP contribution in [0.4, 0.5) is 0 Å².